The highest BCUT2D eigenvalue weighted by Gasteiger charge is 2.22. The SMILES string of the molecule is Cc1cc(C)c(S(=O)(=O)OCC(=O)CCCC(C)C)c(C)c1. The number of benzene rings is 1. The van der Waals surface area contributed by atoms with E-state index in [1.165, 1.54) is 0 Å². The maximum absolute atomic E-state index is 12.3. The minimum absolute atomic E-state index is 0.174. The molecule has 0 aliphatic heterocycles. The van der Waals surface area contributed by atoms with E-state index < -0.39 is 10.1 Å². The van der Waals surface area contributed by atoms with Crippen LogP contribution in [-0.4, -0.2) is 20.8 Å². The molecule has 0 unspecified atom stereocenters. The average molecular weight is 326 g/mol. The summed E-state index contributed by atoms with van der Waals surface area (Å²) in [6.45, 7) is 9.19. The molecule has 0 aliphatic carbocycles. The Morgan fingerprint density at radius 3 is 2.18 bits per heavy atom. The molecule has 0 bridgehead atoms. The van der Waals surface area contributed by atoms with Gasteiger partial charge in [0.05, 0.1) is 4.90 Å². The minimum Gasteiger partial charge on any atom is -0.297 e. The van der Waals surface area contributed by atoms with Gasteiger partial charge < -0.3 is 0 Å². The Balaban J connectivity index is 2.71. The average Bonchev–Trinajstić information content (AvgIpc) is 2.34. The van der Waals surface area contributed by atoms with Crippen molar-refractivity contribution in [2.24, 2.45) is 5.92 Å². The van der Waals surface area contributed by atoms with Crippen molar-refractivity contribution >= 4 is 15.9 Å². The summed E-state index contributed by atoms with van der Waals surface area (Å²) in [4.78, 5) is 11.9. The van der Waals surface area contributed by atoms with Crippen LogP contribution in [0.25, 0.3) is 0 Å². The van der Waals surface area contributed by atoms with Crippen LogP contribution in [0.1, 0.15) is 49.8 Å². The molecule has 1 aromatic carbocycles. The van der Waals surface area contributed by atoms with E-state index in [-0.39, 0.29) is 17.3 Å². The zero-order chi connectivity index (χ0) is 16.9. The quantitative estimate of drug-likeness (QED) is 0.683. The Morgan fingerprint density at radius 1 is 1.14 bits per heavy atom. The van der Waals surface area contributed by atoms with E-state index in [9.17, 15) is 13.2 Å². The third-order valence-electron chi connectivity index (χ3n) is 3.47. The van der Waals surface area contributed by atoms with Gasteiger partial charge in [-0.25, -0.2) is 0 Å². The van der Waals surface area contributed by atoms with Crippen molar-refractivity contribution in [2.45, 2.75) is 58.8 Å². The van der Waals surface area contributed by atoms with Crippen LogP contribution in [0.5, 0.6) is 0 Å². The summed E-state index contributed by atoms with van der Waals surface area (Å²) in [5.41, 5.74) is 2.29. The molecule has 0 heterocycles. The largest absolute Gasteiger partial charge is 0.297 e. The molecule has 0 saturated heterocycles. The smallest absolute Gasteiger partial charge is 0.297 e. The van der Waals surface area contributed by atoms with Crippen molar-refractivity contribution in [2.75, 3.05) is 6.61 Å². The van der Waals surface area contributed by atoms with Crippen molar-refractivity contribution in [3.05, 3.63) is 28.8 Å². The van der Waals surface area contributed by atoms with Crippen molar-refractivity contribution in [3.63, 3.8) is 0 Å². The number of hydrogen-bond donors (Lipinski definition) is 0. The number of carbonyl (C=O) groups is 1. The van der Waals surface area contributed by atoms with Crippen molar-refractivity contribution in [3.8, 4) is 0 Å². The third-order valence-corrected chi connectivity index (χ3v) is 5.04. The van der Waals surface area contributed by atoms with Crippen LogP contribution in [0.4, 0.5) is 0 Å². The fourth-order valence-electron chi connectivity index (χ4n) is 2.54. The fraction of sp³-hybridized carbons (Fsp3) is 0.588. The second-order valence-corrected chi connectivity index (χ2v) is 7.82. The minimum atomic E-state index is -3.90. The van der Waals surface area contributed by atoms with E-state index in [4.69, 9.17) is 4.18 Å². The first-order valence-electron chi connectivity index (χ1n) is 7.62. The zero-order valence-electron chi connectivity index (χ0n) is 14.1. The van der Waals surface area contributed by atoms with E-state index in [0.29, 0.717) is 23.5 Å². The van der Waals surface area contributed by atoms with Gasteiger partial charge in [0.25, 0.3) is 10.1 Å². The first-order valence-corrected chi connectivity index (χ1v) is 9.03. The van der Waals surface area contributed by atoms with E-state index in [1.54, 1.807) is 26.0 Å². The van der Waals surface area contributed by atoms with Gasteiger partial charge in [-0.15, -0.1) is 0 Å². The van der Waals surface area contributed by atoms with Crippen molar-refractivity contribution in [1.82, 2.24) is 0 Å². The first kappa shape index (κ1) is 18.8. The van der Waals surface area contributed by atoms with Crippen LogP contribution < -0.4 is 0 Å². The number of rotatable bonds is 8. The standard InChI is InChI=1S/C17H26O4S/c1-12(2)7-6-8-16(18)11-21-22(19,20)17-14(4)9-13(3)10-15(17)5/h9-10,12H,6-8,11H2,1-5H3. The predicted octanol–water partition coefficient (Wildman–Crippen LogP) is 3.71. The molecule has 0 saturated carbocycles. The van der Waals surface area contributed by atoms with Crippen LogP contribution in [0.15, 0.2) is 17.0 Å². The van der Waals surface area contributed by atoms with Crippen molar-refractivity contribution < 1.29 is 17.4 Å². The van der Waals surface area contributed by atoms with Gasteiger partial charge in [-0.2, -0.15) is 8.42 Å². The topological polar surface area (TPSA) is 60.4 Å². The van der Waals surface area contributed by atoms with Crippen LogP contribution in [0.2, 0.25) is 0 Å². The van der Waals surface area contributed by atoms with Gasteiger partial charge >= 0.3 is 0 Å². The van der Waals surface area contributed by atoms with E-state index >= 15 is 0 Å². The van der Waals surface area contributed by atoms with Crippen LogP contribution in [-0.2, 0) is 19.1 Å². The van der Waals surface area contributed by atoms with Gasteiger partial charge in [-0.3, -0.25) is 8.98 Å². The Morgan fingerprint density at radius 2 is 1.68 bits per heavy atom. The van der Waals surface area contributed by atoms with Gasteiger partial charge in [0.15, 0.2) is 5.78 Å². The van der Waals surface area contributed by atoms with E-state index in [0.717, 1.165) is 18.4 Å². The lowest BCUT2D eigenvalue weighted by Crippen LogP contribution is -2.16. The molecule has 124 valence electrons. The van der Waals surface area contributed by atoms with E-state index in [1.807, 2.05) is 6.92 Å². The molecule has 1 rings (SSSR count). The normalized spacial score (nSPS) is 11.9. The first-order chi connectivity index (χ1) is 10.1. The second kappa shape index (κ2) is 7.88. The van der Waals surface area contributed by atoms with E-state index in [2.05, 4.69) is 13.8 Å². The Labute approximate surface area is 134 Å². The van der Waals surface area contributed by atoms with Crippen LogP contribution in [0, 0.1) is 26.7 Å². The predicted molar refractivity (Wildman–Crippen MR) is 87.5 cm³/mol. The number of Topliss-reactive ketones (excluding diaryl/α,β-unsaturated/α-hetero) is 1. The Bertz CT molecular complexity index is 607. The molecule has 4 nitrogen and oxygen atoms in total. The molecule has 0 amide bonds. The Hall–Kier alpha value is -1.20. The molecule has 0 fully saturated rings. The summed E-state index contributed by atoms with van der Waals surface area (Å²) in [6, 6.07) is 3.60. The lowest BCUT2D eigenvalue weighted by molar-refractivity contribution is -0.121. The van der Waals surface area contributed by atoms with Gasteiger partial charge in [-0.1, -0.05) is 38.0 Å². The highest BCUT2D eigenvalue weighted by atomic mass is 32.2. The number of carbonyl (C=O) groups excluding carboxylic acids is 1. The molecule has 0 aliphatic rings. The summed E-state index contributed by atoms with van der Waals surface area (Å²) in [6.07, 6.45) is 2.08. The molecule has 0 atom stereocenters. The summed E-state index contributed by atoms with van der Waals surface area (Å²) in [5.74, 6) is 0.363. The molecule has 5 heteroatoms. The molecule has 1 aromatic rings. The lowest BCUT2D eigenvalue weighted by Gasteiger charge is -2.12. The number of ketones is 1. The highest BCUT2D eigenvalue weighted by Crippen LogP contribution is 2.23. The second-order valence-electron chi connectivity index (χ2n) is 6.27. The van der Waals surface area contributed by atoms with Crippen molar-refractivity contribution in [1.29, 1.82) is 0 Å². The summed E-state index contributed by atoms with van der Waals surface area (Å²) >= 11 is 0. The molecular weight excluding hydrogens is 300 g/mol. The number of aryl methyl sites for hydroxylation is 3. The van der Waals surface area contributed by atoms with Gasteiger partial charge in [0.1, 0.15) is 6.61 Å². The van der Waals surface area contributed by atoms with Gasteiger partial charge in [-0.05, 0) is 44.2 Å². The van der Waals surface area contributed by atoms with Crippen LogP contribution in [0.3, 0.4) is 0 Å². The fourth-order valence-corrected chi connectivity index (χ4v) is 3.85. The summed E-state index contributed by atoms with van der Waals surface area (Å²) in [7, 11) is -3.90. The lowest BCUT2D eigenvalue weighted by atomic mass is 10.1. The van der Waals surface area contributed by atoms with Gasteiger partial charge in [0, 0.05) is 6.42 Å². The molecule has 0 aromatic heterocycles. The summed E-state index contributed by atoms with van der Waals surface area (Å²) in [5, 5.41) is 0. The molecule has 0 N–H and O–H groups in total. The van der Waals surface area contributed by atoms with Gasteiger partial charge in [0.2, 0.25) is 0 Å². The molecule has 22 heavy (non-hydrogen) atoms. The Kier molecular flexibility index (Phi) is 6.75. The molecule has 0 spiro atoms. The maximum atomic E-state index is 12.3. The molecular formula is C17H26O4S. The molecule has 0 radical (unpaired) electrons. The monoisotopic (exact) mass is 326 g/mol. The zero-order valence-corrected chi connectivity index (χ0v) is 14.9. The summed E-state index contributed by atoms with van der Waals surface area (Å²) < 4.78 is 29.6. The number of hydrogen-bond acceptors (Lipinski definition) is 4. The third kappa shape index (κ3) is 5.54. The highest BCUT2D eigenvalue weighted by molar-refractivity contribution is 7.86. The van der Waals surface area contributed by atoms with Crippen LogP contribution >= 0.6 is 0 Å². The maximum Gasteiger partial charge on any atom is 0.297 e.